The van der Waals surface area contributed by atoms with E-state index in [1.165, 1.54) is 6.08 Å². The third-order valence-electron chi connectivity index (χ3n) is 11.3. The van der Waals surface area contributed by atoms with Crippen molar-refractivity contribution in [1.29, 1.82) is 0 Å². The Labute approximate surface area is 295 Å². The van der Waals surface area contributed by atoms with Gasteiger partial charge >= 0.3 is 6.18 Å². The van der Waals surface area contributed by atoms with Crippen molar-refractivity contribution in [2.24, 2.45) is 11.3 Å². The van der Waals surface area contributed by atoms with Crippen molar-refractivity contribution in [3.05, 3.63) is 48.2 Å². The summed E-state index contributed by atoms with van der Waals surface area (Å²) >= 11 is 0. The summed E-state index contributed by atoms with van der Waals surface area (Å²) in [6.45, 7) is 12.9. The summed E-state index contributed by atoms with van der Waals surface area (Å²) in [7, 11) is 1.95. The summed E-state index contributed by atoms with van der Waals surface area (Å²) < 4.78 is 48.1. The highest BCUT2D eigenvalue weighted by Gasteiger charge is 2.46. The number of ether oxygens (including phenoxy) is 1. The van der Waals surface area contributed by atoms with E-state index in [0.29, 0.717) is 61.1 Å². The average Bonchev–Trinajstić information content (AvgIpc) is 3.82. The van der Waals surface area contributed by atoms with E-state index in [2.05, 4.69) is 39.6 Å². The van der Waals surface area contributed by atoms with Crippen LogP contribution < -0.4 is 14.5 Å². The van der Waals surface area contributed by atoms with E-state index < -0.39 is 12.8 Å². The molecule has 1 spiro atoms. The molecular formula is C38H45F3N8O2. The molecule has 4 aromatic rings. The Bertz CT molecular complexity index is 1980. The maximum Gasteiger partial charge on any atom is 0.422 e. The van der Waals surface area contributed by atoms with Crippen LogP contribution in [0.15, 0.2) is 37.1 Å². The zero-order chi connectivity index (χ0) is 35.7. The second-order valence-electron chi connectivity index (χ2n) is 15.4. The van der Waals surface area contributed by atoms with Crippen LogP contribution in [0, 0.1) is 18.3 Å². The van der Waals surface area contributed by atoms with Gasteiger partial charge in [0.1, 0.15) is 11.3 Å². The van der Waals surface area contributed by atoms with Gasteiger partial charge in [0.25, 0.3) is 0 Å². The Balaban J connectivity index is 1.27. The molecule has 1 N–H and O–H groups in total. The Morgan fingerprint density at radius 3 is 2.55 bits per heavy atom. The molecule has 0 unspecified atom stereocenters. The number of aromatic nitrogens is 4. The molecule has 10 nitrogen and oxygen atoms in total. The van der Waals surface area contributed by atoms with Crippen LogP contribution in [0.2, 0.25) is 0 Å². The number of rotatable bonds is 10. The maximum atomic E-state index is 14.0. The van der Waals surface area contributed by atoms with Crippen molar-refractivity contribution in [2.45, 2.75) is 51.6 Å². The van der Waals surface area contributed by atoms with Crippen LogP contribution in [0.25, 0.3) is 32.9 Å². The van der Waals surface area contributed by atoms with Gasteiger partial charge in [0.15, 0.2) is 12.4 Å². The zero-order valence-corrected chi connectivity index (χ0v) is 29.5. The van der Waals surface area contributed by atoms with Crippen LogP contribution in [-0.2, 0) is 4.79 Å². The molecule has 5 heterocycles. The number of carbonyl (C=O) groups excluding carboxylic acids is 1. The second-order valence-corrected chi connectivity index (χ2v) is 15.4. The number of nitrogens with one attached hydrogen (secondary N) is 1. The van der Waals surface area contributed by atoms with E-state index in [4.69, 9.17) is 14.7 Å². The second kappa shape index (κ2) is 12.7. The highest BCUT2D eigenvalue weighted by molar-refractivity contribution is 6.06. The fourth-order valence-corrected chi connectivity index (χ4v) is 8.33. The van der Waals surface area contributed by atoms with Gasteiger partial charge in [0.05, 0.1) is 11.7 Å². The SMILES string of the molecule is C=CC(=O)N1CC2(CCN(c3nc(N(C)CCN4CC(C)C4)nc4c(OCC(F)(F)F)c(-c5c(C)ccc6[nH]ncc56)c(C5CC5)cc34)CC2)C1. The third-order valence-corrected chi connectivity index (χ3v) is 11.3. The molecule has 51 heavy (non-hydrogen) atoms. The molecule has 4 fully saturated rings. The Hall–Kier alpha value is -4.39. The minimum Gasteiger partial charge on any atom is -0.481 e. The van der Waals surface area contributed by atoms with Crippen molar-refractivity contribution in [2.75, 3.05) is 75.8 Å². The van der Waals surface area contributed by atoms with Crippen molar-refractivity contribution in [3.8, 4) is 16.9 Å². The van der Waals surface area contributed by atoms with E-state index in [0.717, 1.165) is 78.7 Å². The molecule has 8 rings (SSSR count). The van der Waals surface area contributed by atoms with Crippen molar-refractivity contribution in [3.63, 3.8) is 0 Å². The number of aryl methyl sites for hydroxylation is 1. The van der Waals surface area contributed by atoms with Gasteiger partial charge < -0.3 is 24.3 Å². The molecule has 1 saturated carbocycles. The van der Waals surface area contributed by atoms with Crippen molar-refractivity contribution < 1.29 is 22.7 Å². The summed E-state index contributed by atoms with van der Waals surface area (Å²) in [5.41, 5.74) is 4.59. The molecule has 0 bridgehead atoms. The average molecular weight is 703 g/mol. The van der Waals surface area contributed by atoms with Crippen molar-refractivity contribution in [1.82, 2.24) is 30.0 Å². The molecule has 2 aromatic heterocycles. The molecule has 3 saturated heterocycles. The van der Waals surface area contributed by atoms with Crippen LogP contribution >= 0.6 is 0 Å². The number of benzene rings is 2. The first kappa shape index (κ1) is 33.7. The van der Waals surface area contributed by atoms with Gasteiger partial charge in [-0.2, -0.15) is 23.3 Å². The summed E-state index contributed by atoms with van der Waals surface area (Å²) in [5.74, 6) is 2.13. The quantitative estimate of drug-likeness (QED) is 0.193. The number of carbonyl (C=O) groups is 1. The number of aromatic amines is 1. The number of likely N-dealkylation sites (N-methyl/N-ethyl adjacent to an activating group) is 1. The predicted molar refractivity (Wildman–Crippen MR) is 192 cm³/mol. The molecule has 1 aliphatic carbocycles. The molecule has 2 aromatic carbocycles. The summed E-state index contributed by atoms with van der Waals surface area (Å²) in [6, 6.07) is 6.04. The Morgan fingerprint density at radius 2 is 1.88 bits per heavy atom. The van der Waals surface area contributed by atoms with Crippen LogP contribution in [0.5, 0.6) is 5.75 Å². The maximum absolute atomic E-state index is 14.0. The number of H-pyrrole nitrogens is 1. The molecule has 1 amide bonds. The molecule has 13 heteroatoms. The molecular weight excluding hydrogens is 657 g/mol. The first-order valence-electron chi connectivity index (χ1n) is 18.0. The zero-order valence-electron chi connectivity index (χ0n) is 29.5. The number of nitrogens with zero attached hydrogens (tertiary/aromatic N) is 7. The number of fused-ring (bicyclic) bond motifs is 2. The number of halogens is 3. The summed E-state index contributed by atoms with van der Waals surface area (Å²) in [6.07, 6.45) is 2.20. The van der Waals surface area contributed by atoms with Gasteiger partial charge in [-0.15, -0.1) is 0 Å². The number of piperidine rings is 1. The highest BCUT2D eigenvalue weighted by Crippen LogP contribution is 2.53. The third kappa shape index (κ3) is 6.38. The Kier molecular flexibility index (Phi) is 8.39. The van der Waals surface area contributed by atoms with Crippen LogP contribution in [-0.4, -0.2) is 108 Å². The van der Waals surface area contributed by atoms with E-state index in [9.17, 15) is 18.0 Å². The topological polar surface area (TPSA) is 93.7 Å². The Morgan fingerprint density at radius 1 is 1.14 bits per heavy atom. The first-order valence-corrected chi connectivity index (χ1v) is 18.0. The fourth-order valence-electron chi connectivity index (χ4n) is 8.33. The normalized spacial score (nSPS) is 19.4. The van der Waals surface area contributed by atoms with E-state index in [1.54, 1.807) is 6.20 Å². The minimum atomic E-state index is -4.55. The number of hydrogen-bond acceptors (Lipinski definition) is 8. The van der Waals surface area contributed by atoms with Gasteiger partial charge in [-0.3, -0.25) is 9.89 Å². The number of hydrogen-bond donors (Lipinski definition) is 1. The molecule has 3 aliphatic heterocycles. The number of alkyl halides is 3. The molecule has 4 aliphatic rings. The highest BCUT2D eigenvalue weighted by atomic mass is 19.4. The number of amides is 1. The molecule has 270 valence electrons. The molecule has 0 atom stereocenters. The van der Waals surface area contributed by atoms with Gasteiger partial charge in [-0.25, -0.2) is 4.98 Å². The first-order chi connectivity index (χ1) is 24.4. The monoisotopic (exact) mass is 702 g/mol. The number of anilines is 2. The lowest BCUT2D eigenvalue weighted by molar-refractivity contribution is -0.153. The minimum absolute atomic E-state index is 0.0404. The van der Waals surface area contributed by atoms with Gasteiger partial charge in [-0.05, 0) is 79.3 Å². The van der Waals surface area contributed by atoms with E-state index in [1.807, 2.05) is 35.9 Å². The van der Waals surface area contributed by atoms with Crippen LogP contribution in [0.1, 0.15) is 49.7 Å². The lowest BCUT2D eigenvalue weighted by Gasteiger charge is -2.54. The van der Waals surface area contributed by atoms with Gasteiger partial charge in [-0.1, -0.05) is 19.6 Å². The smallest absolute Gasteiger partial charge is 0.422 e. The van der Waals surface area contributed by atoms with Gasteiger partial charge in [0.2, 0.25) is 11.9 Å². The van der Waals surface area contributed by atoms with Crippen LogP contribution in [0.4, 0.5) is 24.9 Å². The summed E-state index contributed by atoms with van der Waals surface area (Å²) in [5, 5.41) is 8.85. The summed E-state index contributed by atoms with van der Waals surface area (Å²) in [4.78, 5) is 31.0. The predicted octanol–water partition coefficient (Wildman–Crippen LogP) is 6.30. The van der Waals surface area contributed by atoms with E-state index in [-0.39, 0.29) is 23.0 Å². The lowest BCUT2D eigenvalue weighted by atomic mass is 9.72. The lowest BCUT2D eigenvalue weighted by Crippen LogP contribution is -2.61. The number of likely N-dealkylation sites (tertiary alicyclic amines) is 2. The van der Waals surface area contributed by atoms with E-state index >= 15 is 0 Å². The van der Waals surface area contributed by atoms with Crippen LogP contribution in [0.3, 0.4) is 0 Å². The molecule has 0 radical (unpaired) electrons. The standard InChI is InChI=1S/C38H45F3N8O2/c1-5-30(50)49-20-37(21-49)10-12-48(13-11-37)35-27-16-26(25-7-8-25)32(31-24(3)6-9-29-28(31)17-42-45-29)34(51-22-38(39,40)41)33(27)43-36(44-35)46(4)14-15-47-18-23(2)19-47/h5-6,9,16-17,23,25H,1,7-8,10-15,18-22H2,2-4H3,(H,42,45). The van der Waals surface area contributed by atoms with Gasteiger partial charge in [0, 0.05) is 81.2 Å². The van der Waals surface area contributed by atoms with Crippen molar-refractivity contribution >= 4 is 39.5 Å². The fraction of sp³-hybridized carbons (Fsp3) is 0.526. The largest absolute Gasteiger partial charge is 0.481 e.